The van der Waals surface area contributed by atoms with Gasteiger partial charge < -0.3 is 4.55 Å². The van der Waals surface area contributed by atoms with E-state index in [1.165, 1.54) is 0 Å². The maximum absolute atomic E-state index is 12.0. The van der Waals surface area contributed by atoms with Gasteiger partial charge in [0.1, 0.15) is 4.75 Å². The van der Waals surface area contributed by atoms with Crippen LogP contribution in [0.3, 0.4) is 0 Å². The summed E-state index contributed by atoms with van der Waals surface area (Å²) in [7, 11) is 1.86. The van der Waals surface area contributed by atoms with Crippen LogP contribution < -0.4 is 4.31 Å². The van der Waals surface area contributed by atoms with Gasteiger partial charge in [-0.15, -0.1) is 0 Å². The van der Waals surface area contributed by atoms with Crippen molar-refractivity contribution in [2.45, 2.75) is 25.5 Å². The van der Waals surface area contributed by atoms with Crippen LogP contribution in [0, 0.1) is 0 Å². The zero-order chi connectivity index (χ0) is 10.8. The zero-order valence-corrected chi connectivity index (χ0v) is 9.97. The zero-order valence-electron chi connectivity index (χ0n) is 9.15. The minimum Gasteiger partial charge on any atom is -0.593 e. The van der Waals surface area contributed by atoms with Crippen molar-refractivity contribution < 1.29 is 4.55 Å². The lowest BCUT2D eigenvalue weighted by atomic mass is 10.3. The molecule has 0 aromatic heterocycles. The third-order valence-electron chi connectivity index (χ3n) is 1.89. The Morgan fingerprint density at radius 1 is 1.14 bits per heavy atom. The lowest BCUT2D eigenvalue weighted by molar-refractivity contribution is 0.558. The molecule has 0 aliphatic heterocycles. The first-order valence-corrected chi connectivity index (χ1v) is 5.74. The Morgan fingerprint density at radius 3 is 2.07 bits per heavy atom. The van der Waals surface area contributed by atoms with Crippen LogP contribution in [-0.2, 0) is 11.4 Å². The average Bonchev–Trinajstić information content (AvgIpc) is 2.15. The summed E-state index contributed by atoms with van der Waals surface area (Å²) in [6, 6.07) is 9.78. The molecule has 1 aromatic carbocycles. The van der Waals surface area contributed by atoms with Gasteiger partial charge in [-0.25, -0.2) is 0 Å². The Morgan fingerprint density at radius 2 is 1.64 bits per heavy atom. The van der Waals surface area contributed by atoms with Crippen LogP contribution in [0.2, 0.25) is 0 Å². The van der Waals surface area contributed by atoms with E-state index in [9.17, 15) is 4.55 Å². The van der Waals surface area contributed by atoms with Crippen molar-refractivity contribution >= 4 is 17.0 Å². The van der Waals surface area contributed by atoms with Crippen LogP contribution in [0.15, 0.2) is 30.3 Å². The number of nitrogens with zero attached hydrogens (tertiary/aromatic N) is 1. The number of para-hydroxylation sites is 1. The number of hydrogen-bond acceptors (Lipinski definition) is 2. The van der Waals surface area contributed by atoms with E-state index in [1.807, 2.05) is 58.2 Å². The summed E-state index contributed by atoms with van der Waals surface area (Å²) in [4.78, 5) is 0. The molecule has 78 valence electrons. The van der Waals surface area contributed by atoms with Crippen LogP contribution in [0.4, 0.5) is 5.69 Å². The van der Waals surface area contributed by atoms with Crippen molar-refractivity contribution in [3.8, 4) is 0 Å². The normalized spacial score (nSPS) is 13.8. The van der Waals surface area contributed by atoms with Crippen molar-refractivity contribution in [3.05, 3.63) is 30.3 Å². The number of anilines is 1. The van der Waals surface area contributed by atoms with E-state index in [-0.39, 0.29) is 4.75 Å². The van der Waals surface area contributed by atoms with E-state index in [1.54, 1.807) is 4.31 Å². The molecular formula is C11H17NOS. The molecule has 0 heterocycles. The van der Waals surface area contributed by atoms with Gasteiger partial charge in [-0.2, -0.15) is 4.31 Å². The van der Waals surface area contributed by atoms with Crippen LogP contribution >= 0.6 is 0 Å². The van der Waals surface area contributed by atoms with Crippen molar-refractivity contribution in [3.63, 3.8) is 0 Å². The number of benzene rings is 1. The standard InChI is InChI=1S/C11H17NOS/c1-11(2,3)14(13)12(4)10-8-6-5-7-9-10/h5-9H,1-4H3. The summed E-state index contributed by atoms with van der Waals surface area (Å²) < 4.78 is 13.6. The molecule has 0 amide bonds. The molecular weight excluding hydrogens is 194 g/mol. The molecule has 0 saturated heterocycles. The first-order valence-electron chi connectivity index (χ1n) is 4.63. The fourth-order valence-corrected chi connectivity index (χ4v) is 2.28. The van der Waals surface area contributed by atoms with Gasteiger partial charge in [0.25, 0.3) is 0 Å². The Kier molecular flexibility index (Phi) is 3.45. The highest BCUT2D eigenvalue weighted by molar-refractivity contribution is 7.94. The van der Waals surface area contributed by atoms with Gasteiger partial charge in [-0.1, -0.05) is 18.2 Å². The molecule has 3 heteroatoms. The summed E-state index contributed by atoms with van der Waals surface area (Å²) in [5.74, 6) is 0. The minimum atomic E-state index is -1.000. The van der Waals surface area contributed by atoms with Gasteiger partial charge in [0.2, 0.25) is 0 Å². The molecule has 0 spiro atoms. The van der Waals surface area contributed by atoms with Gasteiger partial charge in [-0.05, 0) is 32.9 Å². The number of rotatable bonds is 2. The minimum absolute atomic E-state index is 0.218. The first kappa shape index (κ1) is 11.4. The maximum atomic E-state index is 12.0. The second kappa shape index (κ2) is 4.24. The molecule has 1 aromatic rings. The van der Waals surface area contributed by atoms with Gasteiger partial charge in [0.05, 0.1) is 24.1 Å². The fraction of sp³-hybridized carbons (Fsp3) is 0.455. The highest BCUT2D eigenvalue weighted by Crippen LogP contribution is 2.24. The summed E-state index contributed by atoms with van der Waals surface area (Å²) >= 11 is -1.000. The molecule has 1 rings (SSSR count). The third-order valence-corrected chi connectivity index (χ3v) is 3.65. The summed E-state index contributed by atoms with van der Waals surface area (Å²) in [5.41, 5.74) is 0.987. The Balaban J connectivity index is 2.81. The van der Waals surface area contributed by atoms with E-state index in [4.69, 9.17) is 0 Å². The van der Waals surface area contributed by atoms with Crippen molar-refractivity contribution in [1.82, 2.24) is 0 Å². The molecule has 0 radical (unpaired) electrons. The van der Waals surface area contributed by atoms with Gasteiger partial charge in [0.15, 0.2) is 0 Å². The highest BCUT2D eigenvalue weighted by atomic mass is 32.2. The molecule has 14 heavy (non-hydrogen) atoms. The Bertz CT molecular complexity index is 281. The summed E-state index contributed by atoms with van der Waals surface area (Å²) in [6.07, 6.45) is 0. The monoisotopic (exact) mass is 211 g/mol. The lowest BCUT2D eigenvalue weighted by Crippen LogP contribution is -2.40. The van der Waals surface area contributed by atoms with E-state index in [2.05, 4.69) is 0 Å². The van der Waals surface area contributed by atoms with Gasteiger partial charge >= 0.3 is 0 Å². The van der Waals surface area contributed by atoms with Crippen molar-refractivity contribution in [2.75, 3.05) is 11.4 Å². The molecule has 0 fully saturated rings. The largest absolute Gasteiger partial charge is 0.593 e. The number of hydrogen-bond donors (Lipinski definition) is 0. The topological polar surface area (TPSA) is 26.3 Å². The van der Waals surface area contributed by atoms with Crippen molar-refractivity contribution in [2.24, 2.45) is 0 Å². The van der Waals surface area contributed by atoms with Gasteiger partial charge in [0, 0.05) is 0 Å². The molecule has 0 aliphatic rings. The molecule has 0 N–H and O–H groups in total. The predicted molar refractivity (Wildman–Crippen MR) is 62.7 cm³/mol. The van der Waals surface area contributed by atoms with E-state index < -0.39 is 11.4 Å². The quantitative estimate of drug-likeness (QED) is 0.703. The van der Waals surface area contributed by atoms with Crippen LogP contribution in [0.25, 0.3) is 0 Å². The molecule has 0 bridgehead atoms. The lowest BCUT2D eigenvalue weighted by Gasteiger charge is -2.31. The molecule has 2 nitrogen and oxygen atoms in total. The fourth-order valence-electron chi connectivity index (χ4n) is 1.14. The van der Waals surface area contributed by atoms with Crippen LogP contribution in [-0.4, -0.2) is 16.3 Å². The average molecular weight is 211 g/mol. The molecule has 1 atom stereocenters. The van der Waals surface area contributed by atoms with Crippen LogP contribution in [0.1, 0.15) is 20.8 Å². The second-order valence-electron chi connectivity index (χ2n) is 4.19. The summed E-state index contributed by atoms with van der Waals surface area (Å²) in [6.45, 7) is 5.92. The third kappa shape index (κ3) is 2.66. The Labute approximate surface area is 89.2 Å². The molecule has 1 unspecified atom stereocenters. The van der Waals surface area contributed by atoms with Crippen molar-refractivity contribution in [1.29, 1.82) is 0 Å². The highest BCUT2D eigenvalue weighted by Gasteiger charge is 2.30. The van der Waals surface area contributed by atoms with E-state index in [0.29, 0.717) is 0 Å². The Hall–Kier alpha value is -0.670. The van der Waals surface area contributed by atoms with Gasteiger partial charge in [-0.3, -0.25) is 0 Å². The maximum Gasteiger partial charge on any atom is 0.142 e. The van der Waals surface area contributed by atoms with E-state index in [0.717, 1.165) is 5.69 Å². The predicted octanol–water partition coefficient (Wildman–Crippen LogP) is 2.59. The first-order chi connectivity index (χ1) is 6.43. The van der Waals surface area contributed by atoms with Crippen LogP contribution in [0.5, 0.6) is 0 Å². The molecule has 0 aliphatic carbocycles. The summed E-state index contributed by atoms with van der Waals surface area (Å²) in [5, 5.41) is 0. The molecule has 0 saturated carbocycles. The van der Waals surface area contributed by atoms with E-state index >= 15 is 0 Å². The SMILES string of the molecule is CN(c1ccccc1)[S+]([O-])C(C)(C)C. The second-order valence-corrected chi connectivity index (χ2v) is 6.47. The smallest absolute Gasteiger partial charge is 0.142 e.